The van der Waals surface area contributed by atoms with Crippen LogP contribution in [0.4, 0.5) is 4.79 Å². The lowest BCUT2D eigenvalue weighted by molar-refractivity contribution is 0.176. The minimum absolute atomic E-state index is 0.0341. The topological polar surface area (TPSA) is 60.8 Å². The van der Waals surface area contributed by atoms with Crippen LogP contribution < -0.4 is 10.6 Å². The van der Waals surface area contributed by atoms with Crippen molar-refractivity contribution in [2.45, 2.75) is 56.7 Å². The van der Waals surface area contributed by atoms with Crippen molar-refractivity contribution in [3.8, 4) is 0 Å². The van der Waals surface area contributed by atoms with Gasteiger partial charge in [0.25, 0.3) is 0 Å². The Morgan fingerprint density at radius 3 is 2.80 bits per heavy atom. The number of nitrogens with zero attached hydrogens (tertiary/aromatic N) is 2. The van der Waals surface area contributed by atoms with Crippen molar-refractivity contribution in [2.75, 3.05) is 32.7 Å². The van der Waals surface area contributed by atoms with Gasteiger partial charge in [-0.1, -0.05) is 6.42 Å². The van der Waals surface area contributed by atoms with Crippen LogP contribution in [0.25, 0.3) is 0 Å². The predicted octanol–water partition coefficient (Wildman–Crippen LogP) is 2.34. The summed E-state index contributed by atoms with van der Waals surface area (Å²) in [6.45, 7) is 5.07. The van der Waals surface area contributed by atoms with E-state index >= 15 is 0 Å². The maximum Gasteiger partial charge on any atom is 0.315 e. The summed E-state index contributed by atoms with van der Waals surface area (Å²) in [7, 11) is 0. The summed E-state index contributed by atoms with van der Waals surface area (Å²) in [6, 6.07) is 4.88. The molecule has 4 rings (SSSR count). The fraction of sp³-hybridized carbons (Fsp3) is 0.737. The number of amides is 2. The van der Waals surface area contributed by atoms with E-state index in [4.69, 9.17) is 4.42 Å². The average molecular weight is 346 g/mol. The van der Waals surface area contributed by atoms with E-state index < -0.39 is 0 Å². The molecule has 3 aliphatic heterocycles. The van der Waals surface area contributed by atoms with Crippen LogP contribution >= 0.6 is 0 Å². The molecule has 1 aromatic heterocycles. The van der Waals surface area contributed by atoms with E-state index in [1.165, 1.54) is 38.6 Å². The Labute approximate surface area is 149 Å². The van der Waals surface area contributed by atoms with E-state index in [9.17, 15) is 4.79 Å². The third kappa shape index (κ3) is 3.85. The second-order valence-corrected chi connectivity index (χ2v) is 7.62. The first-order valence-corrected chi connectivity index (χ1v) is 9.87. The van der Waals surface area contributed by atoms with Crippen molar-refractivity contribution in [1.82, 2.24) is 20.4 Å². The number of furan rings is 1. The number of hydrogen-bond acceptors (Lipinski definition) is 4. The highest BCUT2D eigenvalue weighted by Gasteiger charge is 2.36. The van der Waals surface area contributed by atoms with Crippen molar-refractivity contribution in [2.24, 2.45) is 0 Å². The van der Waals surface area contributed by atoms with Gasteiger partial charge in [-0.15, -0.1) is 0 Å². The Morgan fingerprint density at radius 1 is 1.16 bits per heavy atom. The maximum absolute atomic E-state index is 12.5. The van der Waals surface area contributed by atoms with Gasteiger partial charge in [0.2, 0.25) is 0 Å². The second-order valence-electron chi connectivity index (χ2n) is 7.62. The molecule has 1 aromatic rings. The monoisotopic (exact) mass is 346 g/mol. The molecule has 138 valence electrons. The van der Waals surface area contributed by atoms with E-state index in [-0.39, 0.29) is 12.1 Å². The van der Waals surface area contributed by atoms with E-state index in [1.807, 2.05) is 12.1 Å². The summed E-state index contributed by atoms with van der Waals surface area (Å²) in [5.74, 6) is 0.946. The summed E-state index contributed by atoms with van der Waals surface area (Å²) >= 11 is 0. The normalized spacial score (nSPS) is 28.6. The minimum atomic E-state index is -0.0341. The first kappa shape index (κ1) is 16.9. The molecule has 3 aliphatic rings. The third-order valence-corrected chi connectivity index (χ3v) is 6.08. The van der Waals surface area contributed by atoms with Crippen molar-refractivity contribution in [3.63, 3.8) is 0 Å². The van der Waals surface area contributed by atoms with Crippen molar-refractivity contribution < 1.29 is 9.21 Å². The Hall–Kier alpha value is -1.53. The van der Waals surface area contributed by atoms with E-state index in [0.29, 0.717) is 18.6 Å². The standard InChI is InChI=1S/C19H30N4O2/c24-19(21-15-8-12-23-9-2-1-6-16(15)23)20-14-17(18-7-5-13-25-18)22-10-3-4-11-22/h5,7,13,15-17H,1-4,6,8-12,14H2,(H2,20,21,24)/t15-,16-,17+/m0/s1. The summed E-state index contributed by atoms with van der Waals surface area (Å²) in [5, 5.41) is 6.33. The van der Waals surface area contributed by atoms with E-state index in [2.05, 4.69) is 20.4 Å². The number of nitrogens with one attached hydrogen (secondary N) is 2. The van der Waals surface area contributed by atoms with Crippen LogP contribution in [0, 0.1) is 0 Å². The van der Waals surface area contributed by atoms with Gasteiger partial charge < -0.3 is 15.1 Å². The van der Waals surface area contributed by atoms with Gasteiger partial charge in [-0.25, -0.2) is 4.79 Å². The molecule has 0 radical (unpaired) electrons. The molecule has 0 bridgehead atoms. The zero-order chi connectivity index (χ0) is 17.1. The first-order chi connectivity index (χ1) is 12.3. The van der Waals surface area contributed by atoms with Crippen LogP contribution in [0.5, 0.6) is 0 Å². The van der Waals surface area contributed by atoms with Gasteiger partial charge in [-0.3, -0.25) is 9.80 Å². The zero-order valence-corrected chi connectivity index (χ0v) is 15.0. The van der Waals surface area contributed by atoms with Crippen molar-refractivity contribution in [3.05, 3.63) is 24.2 Å². The number of fused-ring (bicyclic) bond motifs is 1. The van der Waals surface area contributed by atoms with Gasteiger partial charge in [-0.2, -0.15) is 0 Å². The SMILES string of the molecule is O=C(NC[C@H](c1ccco1)N1CCCC1)N[C@H]1CCN2CCCC[C@@H]12. The number of carbonyl (C=O) groups excluding carboxylic acids is 1. The molecule has 6 nitrogen and oxygen atoms in total. The molecule has 0 unspecified atom stereocenters. The third-order valence-electron chi connectivity index (χ3n) is 6.08. The van der Waals surface area contributed by atoms with Crippen LogP contribution in [0.1, 0.15) is 50.3 Å². The van der Waals surface area contributed by atoms with E-state index in [1.54, 1.807) is 6.26 Å². The molecule has 0 aromatic carbocycles. The largest absolute Gasteiger partial charge is 0.468 e. The molecule has 3 saturated heterocycles. The Morgan fingerprint density at radius 2 is 2.00 bits per heavy atom. The number of urea groups is 1. The summed E-state index contributed by atoms with van der Waals surface area (Å²) in [4.78, 5) is 17.4. The highest BCUT2D eigenvalue weighted by Crippen LogP contribution is 2.27. The van der Waals surface area contributed by atoms with Gasteiger partial charge in [-0.05, 0) is 63.9 Å². The fourth-order valence-electron chi connectivity index (χ4n) is 4.77. The van der Waals surface area contributed by atoms with Gasteiger partial charge in [0.15, 0.2) is 0 Å². The number of rotatable bonds is 5. The van der Waals surface area contributed by atoms with Gasteiger partial charge in [0.05, 0.1) is 12.3 Å². The van der Waals surface area contributed by atoms with E-state index in [0.717, 1.165) is 31.8 Å². The van der Waals surface area contributed by atoms with Crippen LogP contribution in [0.2, 0.25) is 0 Å². The molecule has 2 amide bonds. The highest BCUT2D eigenvalue weighted by atomic mass is 16.3. The molecule has 6 heteroatoms. The lowest BCUT2D eigenvalue weighted by Crippen LogP contribution is -2.50. The molecule has 0 spiro atoms. The summed E-state index contributed by atoms with van der Waals surface area (Å²) in [5.41, 5.74) is 0. The average Bonchev–Trinajstić information content (AvgIpc) is 3.38. The zero-order valence-electron chi connectivity index (χ0n) is 15.0. The van der Waals surface area contributed by atoms with Gasteiger partial charge in [0, 0.05) is 25.2 Å². The summed E-state index contributed by atoms with van der Waals surface area (Å²) in [6.07, 6.45) is 9.05. The predicted molar refractivity (Wildman–Crippen MR) is 96.4 cm³/mol. The Balaban J connectivity index is 1.31. The second kappa shape index (κ2) is 7.79. The number of likely N-dealkylation sites (tertiary alicyclic amines) is 1. The number of hydrogen-bond donors (Lipinski definition) is 2. The molecule has 3 fully saturated rings. The van der Waals surface area contributed by atoms with Gasteiger partial charge >= 0.3 is 6.03 Å². The number of piperidine rings is 1. The maximum atomic E-state index is 12.5. The van der Waals surface area contributed by atoms with Crippen LogP contribution in [0.15, 0.2) is 22.8 Å². The molecule has 2 N–H and O–H groups in total. The molecule has 0 aliphatic carbocycles. The fourth-order valence-corrected chi connectivity index (χ4v) is 4.77. The quantitative estimate of drug-likeness (QED) is 0.859. The molecule has 25 heavy (non-hydrogen) atoms. The van der Waals surface area contributed by atoms with Crippen LogP contribution in [-0.2, 0) is 0 Å². The van der Waals surface area contributed by atoms with Crippen molar-refractivity contribution in [1.29, 1.82) is 0 Å². The Bertz CT molecular complexity index is 556. The first-order valence-electron chi connectivity index (χ1n) is 9.87. The minimum Gasteiger partial charge on any atom is -0.468 e. The van der Waals surface area contributed by atoms with Crippen LogP contribution in [0.3, 0.4) is 0 Å². The lowest BCUT2D eigenvalue weighted by atomic mass is 9.99. The smallest absolute Gasteiger partial charge is 0.315 e. The van der Waals surface area contributed by atoms with Gasteiger partial charge in [0.1, 0.15) is 5.76 Å². The molecule has 3 atom stereocenters. The molecular weight excluding hydrogens is 316 g/mol. The van der Waals surface area contributed by atoms with Crippen molar-refractivity contribution >= 4 is 6.03 Å². The van der Waals surface area contributed by atoms with Crippen LogP contribution in [-0.4, -0.2) is 60.6 Å². The highest BCUT2D eigenvalue weighted by molar-refractivity contribution is 5.74. The molecule has 4 heterocycles. The number of carbonyl (C=O) groups is 1. The molecular formula is C19H30N4O2. The lowest BCUT2D eigenvalue weighted by Gasteiger charge is -2.32. The summed E-state index contributed by atoms with van der Waals surface area (Å²) < 4.78 is 5.62. The molecule has 0 saturated carbocycles. The Kier molecular flexibility index (Phi) is 5.27.